The van der Waals surface area contributed by atoms with Crippen LogP contribution in [0.1, 0.15) is 26.2 Å². The maximum absolute atomic E-state index is 11.6. The molecule has 0 N–H and O–H groups in total. The van der Waals surface area contributed by atoms with E-state index in [2.05, 4.69) is 6.92 Å². The van der Waals surface area contributed by atoms with E-state index < -0.39 is 0 Å². The zero-order valence-corrected chi connectivity index (χ0v) is 11.2. The maximum atomic E-state index is 11.6. The molecule has 1 amide bonds. The van der Waals surface area contributed by atoms with E-state index in [4.69, 9.17) is 4.74 Å². The summed E-state index contributed by atoms with van der Waals surface area (Å²) in [7, 11) is 5.82. The van der Waals surface area contributed by atoms with Gasteiger partial charge in [0.25, 0.3) is 0 Å². The summed E-state index contributed by atoms with van der Waals surface area (Å²) in [5, 5.41) is 0. The van der Waals surface area contributed by atoms with Crippen molar-refractivity contribution in [1.82, 2.24) is 9.80 Å². The number of carbonyl (C=O) groups is 1. The lowest BCUT2D eigenvalue weighted by Crippen LogP contribution is -2.32. The summed E-state index contributed by atoms with van der Waals surface area (Å²) < 4.78 is 5.30. The summed E-state index contributed by atoms with van der Waals surface area (Å²) >= 11 is 0. The second-order valence-corrected chi connectivity index (χ2v) is 4.38. The van der Waals surface area contributed by atoms with Gasteiger partial charge >= 0.3 is 0 Å². The summed E-state index contributed by atoms with van der Waals surface area (Å²) in [5.74, 6) is 0.0786. The molecule has 0 saturated heterocycles. The number of hydrogen-bond acceptors (Lipinski definition) is 3. The first-order valence-corrected chi connectivity index (χ1v) is 6.04. The van der Waals surface area contributed by atoms with Crippen molar-refractivity contribution in [3.8, 4) is 0 Å². The summed E-state index contributed by atoms with van der Waals surface area (Å²) in [4.78, 5) is 15.4. The average Bonchev–Trinajstić information content (AvgIpc) is 2.24. The van der Waals surface area contributed by atoms with Gasteiger partial charge in [-0.3, -0.25) is 4.79 Å². The first-order chi connectivity index (χ1) is 7.57. The summed E-state index contributed by atoms with van der Waals surface area (Å²) in [5.41, 5.74) is 0. The van der Waals surface area contributed by atoms with Crippen molar-refractivity contribution >= 4 is 5.91 Å². The molecule has 0 aromatic carbocycles. The van der Waals surface area contributed by atoms with Gasteiger partial charge in [0.05, 0.1) is 6.61 Å². The van der Waals surface area contributed by atoms with Gasteiger partial charge in [0, 0.05) is 20.1 Å². The third-order valence-corrected chi connectivity index (χ3v) is 2.43. The van der Waals surface area contributed by atoms with Crippen molar-refractivity contribution in [2.45, 2.75) is 26.2 Å². The minimum absolute atomic E-state index is 0.0786. The summed E-state index contributed by atoms with van der Waals surface area (Å²) in [6.07, 6.45) is 3.44. The zero-order chi connectivity index (χ0) is 12.4. The summed E-state index contributed by atoms with van der Waals surface area (Å²) in [6, 6.07) is 0. The number of ether oxygens (including phenoxy) is 1. The Bertz CT molecular complexity index is 184. The maximum Gasteiger partial charge on any atom is 0.248 e. The van der Waals surface area contributed by atoms with E-state index in [9.17, 15) is 4.79 Å². The lowest BCUT2D eigenvalue weighted by Gasteiger charge is -2.17. The highest BCUT2D eigenvalue weighted by molar-refractivity contribution is 5.77. The van der Waals surface area contributed by atoms with Gasteiger partial charge in [-0.1, -0.05) is 19.8 Å². The Balaban J connectivity index is 3.47. The third-order valence-electron chi connectivity index (χ3n) is 2.43. The van der Waals surface area contributed by atoms with Gasteiger partial charge in [-0.05, 0) is 20.5 Å². The highest BCUT2D eigenvalue weighted by atomic mass is 16.5. The van der Waals surface area contributed by atoms with Crippen LogP contribution >= 0.6 is 0 Å². The Morgan fingerprint density at radius 3 is 2.38 bits per heavy atom. The molecule has 0 spiro atoms. The van der Waals surface area contributed by atoms with Crippen molar-refractivity contribution in [3.05, 3.63) is 0 Å². The molecule has 4 heteroatoms. The molecule has 16 heavy (non-hydrogen) atoms. The molecule has 0 radical (unpaired) electrons. The van der Waals surface area contributed by atoms with Crippen LogP contribution in [0.25, 0.3) is 0 Å². The Labute approximate surface area is 99.5 Å². The van der Waals surface area contributed by atoms with E-state index in [1.807, 2.05) is 26.0 Å². The third kappa shape index (κ3) is 8.68. The quantitative estimate of drug-likeness (QED) is 0.558. The number of unbranched alkanes of at least 4 members (excludes halogenated alkanes) is 2. The lowest BCUT2D eigenvalue weighted by molar-refractivity contribution is -0.134. The van der Waals surface area contributed by atoms with E-state index in [0.717, 1.165) is 19.5 Å². The topological polar surface area (TPSA) is 32.8 Å². The predicted octanol–water partition coefficient (Wildman–Crippen LogP) is 1.21. The Morgan fingerprint density at radius 2 is 1.81 bits per heavy atom. The molecule has 0 aliphatic heterocycles. The molecule has 0 bridgehead atoms. The smallest absolute Gasteiger partial charge is 0.248 e. The van der Waals surface area contributed by atoms with E-state index in [1.54, 1.807) is 4.90 Å². The summed E-state index contributed by atoms with van der Waals surface area (Å²) in [6.45, 7) is 4.67. The van der Waals surface area contributed by atoms with Crippen molar-refractivity contribution in [2.75, 3.05) is 47.4 Å². The molecule has 4 nitrogen and oxygen atoms in total. The monoisotopic (exact) mass is 230 g/mol. The Kier molecular flexibility index (Phi) is 9.24. The van der Waals surface area contributed by atoms with Crippen LogP contribution in [0.4, 0.5) is 0 Å². The molecule has 0 fully saturated rings. The molecule has 0 aliphatic carbocycles. The van der Waals surface area contributed by atoms with Gasteiger partial charge in [-0.15, -0.1) is 0 Å². The van der Waals surface area contributed by atoms with E-state index in [1.165, 1.54) is 12.8 Å². The predicted molar refractivity (Wildman–Crippen MR) is 66.5 cm³/mol. The fourth-order valence-electron chi connectivity index (χ4n) is 1.24. The molecule has 0 unspecified atom stereocenters. The van der Waals surface area contributed by atoms with Gasteiger partial charge in [-0.25, -0.2) is 0 Å². The van der Waals surface area contributed by atoms with E-state index in [0.29, 0.717) is 6.61 Å². The standard InChI is InChI=1S/C12H26N2O2/c1-5-6-7-8-14(4)12(15)11-16-10-9-13(2)3/h5-11H2,1-4H3. The Morgan fingerprint density at radius 1 is 1.12 bits per heavy atom. The number of hydrogen-bond donors (Lipinski definition) is 0. The number of likely N-dealkylation sites (N-methyl/N-ethyl adjacent to an activating group) is 2. The first-order valence-electron chi connectivity index (χ1n) is 6.04. The van der Waals surface area contributed by atoms with E-state index in [-0.39, 0.29) is 12.5 Å². The minimum Gasteiger partial charge on any atom is -0.370 e. The molecule has 0 aromatic heterocycles. The normalized spacial score (nSPS) is 10.8. The van der Waals surface area contributed by atoms with Crippen LogP contribution in [0.5, 0.6) is 0 Å². The second kappa shape index (κ2) is 9.60. The zero-order valence-electron chi connectivity index (χ0n) is 11.2. The molecular weight excluding hydrogens is 204 g/mol. The highest BCUT2D eigenvalue weighted by Gasteiger charge is 2.07. The van der Waals surface area contributed by atoms with Gasteiger partial charge in [0.1, 0.15) is 6.61 Å². The molecule has 0 aliphatic rings. The van der Waals surface area contributed by atoms with Gasteiger partial charge in [-0.2, -0.15) is 0 Å². The lowest BCUT2D eigenvalue weighted by atomic mass is 10.2. The highest BCUT2D eigenvalue weighted by Crippen LogP contribution is 1.97. The second-order valence-electron chi connectivity index (χ2n) is 4.38. The van der Waals surface area contributed by atoms with Crippen LogP contribution in [-0.2, 0) is 9.53 Å². The first kappa shape index (κ1) is 15.4. The number of rotatable bonds is 9. The van der Waals surface area contributed by atoms with Crippen LogP contribution in [0, 0.1) is 0 Å². The van der Waals surface area contributed by atoms with Crippen molar-refractivity contribution < 1.29 is 9.53 Å². The average molecular weight is 230 g/mol. The van der Waals surface area contributed by atoms with Crippen molar-refractivity contribution in [1.29, 1.82) is 0 Å². The number of amides is 1. The van der Waals surface area contributed by atoms with Crippen LogP contribution in [0.2, 0.25) is 0 Å². The largest absolute Gasteiger partial charge is 0.370 e. The molecular formula is C12H26N2O2. The fraction of sp³-hybridized carbons (Fsp3) is 0.917. The van der Waals surface area contributed by atoms with E-state index >= 15 is 0 Å². The van der Waals surface area contributed by atoms with Crippen LogP contribution in [-0.4, -0.2) is 63.2 Å². The van der Waals surface area contributed by atoms with Gasteiger partial charge < -0.3 is 14.5 Å². The number of nitrogens with zero attached hydrogens (tertiary/aromatic N) is 2. The molecule has 0 heterocycles. The molecule has 0 rings (SSSR count). The van der Waals surface area contributed by atoms with Crippen LogP contribution in [0.15, 0.2) is 0 Å². The van der Waals surface area contributed by atoms with Crippen molar-refractivity contribution in [3.63, 3.8) is 0 Å². The molecule has 0 saturated carbocycles. The van der Waals surface area contributed by atoms with Gasteiger partial charge in [0.15, 0.2) is 0 Å². The molecule has 0 aromatic rings. The van der Waals surface area contributed by atoms with Gasteiger partial charge in [0.2, 0.25) is 5.91 Å². The number of carbonyl (C=O) groups excluding carboxylic acids is 1. The molecule has 0 atom stereocenters. The van der Waals surface area contributed by atoms with Crippen LogP contribution in [0.3, 0.4) is 0 Å². The SMILES string of the molecule is CCCCCN(C)C(=O)COCCN(C)C. The van der Waals surface area contributed by atoms with Crippen molar-refractivity contribution in [2.24, 2.45) is 0 Å². The van der Waals surface area contributed by atoms with Crippen LogP contribution < -0.4 is 0 Å². The fourth-order valence-corrected chi connectivity index (χ4v) is 1.24. The minimum atomic E-state index is 0.0786. The Hall–Kier alpha value is -0.610. The molecule has 96 valence electrons.